The fourth-order valence-corrected chi connectivity index (χ4v) is 3.09. The lowest BCUT2D eigenvalue weighted by Gasteiger charge is -2.25. The van der Waals surface area contributed by atoms with Crippen LogP contribution < -0.4 is 0 Å². The maximum absolute atomic E-state index is 10.8. The van der Waals surface area contributed by atoms with Crippen LogP contribution in [0, 0.1) is 5.41 Å². The van der Waals surface area contributed by atoms with Crippen LogP contribution >= 0.6 is 11.3 Å². The van der Waals surface area contributed by atoms with E-state index in [1.807, 2.05) is 26.0 Å². The molecule has 0 bridgehead atoms. The van der Waals surface area contributed by atoms with Crippen LogP contribution in [0.4, 0.5) is 0 Å². The topological polar surface area (TPSA) is 57.5 Å². The summed E-state index contributed by atoms with van der Waals surface area (Å²) in [5.41, 5.74) is -0.323. The minimum atomic E-state index is -0.821. The Morgan fingerprint density at radius 2 is 1.84 bits per heavy atom. The zero-order chi connectivity index (χ0) is 14.8. The van der Waals surface area contributed by atoms with Crippen molar-refractivity contribution in [1.29, 1.82) is 0 Å². The second-order valence-corrected chi connectivity index (χ2v) is 8.02. The number of carboxylic acid groups (broad SMARTS) is 1. The van der Waals surface area contributed by atoms with Crippen LogP contribution in [-0.2, 0) is 10.2 Å². The van der Waals surface area contributed by atoms with Gasteiger partial charge in [0.2, 0.25) is 0 Å². The summed E-state index contributed by atoms with van der Waals surface area (Å²) >= 11 is 1.61. The Labute approximate surface area is 119 Å². The first-order valence-electron chi connectivity index (χ1n) is 6.51. The molecule has 0 aliphatic rings. The highest BCUT2D eigenvalue weighted by atomic mass is 32.1. The van der Waals surface area contributed by atoms with Crippen molar-refractivity contribution in [3.8, 4) is 0 Å². The van der Waals surface area contributed by atoms with E-state index in [0.717, 1.165) is 4.88 Å². The monoisotopic (exact) mass is 284 g/mol. The Balaban J connectivity index is 2.76. The SMILES string of the molecule is CC(C)(CC(=O)O)CC(O)c1ccc(C(C)(C)C)s1. The second-order valence-electron chi connectivity index (χ2n) is 6.91. The molecule has 0 aromatic carbocycles. The molecule has 108 valence electrons. The Bertz CT molecular complexity index is 440. The fraction of sp³-hybridized carbons (Fsp3) is 0.667. The van der Waals surface area contributed by atoms with Gasteiger partial charge in [0, 0.05) is 9.75 Å². The molecule has 0 aliphatic heterocycles. The van der Waals surface area contributed by atoms with Gasteiger partial charge in [-0.2, -0.15) is 0 Å². The predicted octanol–water partition coefficient (Wildman–Crippen LogP) is 3.97. The van der Waals surface area contributed by atoms with Crippen LogP contribution in [0.1, 0.15) is 63.3 Å². The van der Waals surface area contributed by atoms with Crippen LogP contribution in [0.3, 0.4) is 0 Å². The molecule has 0 saturated carbocycles. The average molecular weight is 284 g/mol. The fourth-order valence-electron chi connectivity index (χ4n) is 2.04. The summed E-state index contributed by atoms with van der Waals surface area (Å²) in [6, 6.07) is 4.00. The van der Waals surface area contributed by atoms with Crippen molar-refractivity contribution in [3.05, 3.63) is 21.9 Å². The van der Waals surface area contributed by atoms with Crippen molar-refractivity contribution in [3.63, 3.8) is 0 Å². The van der Waals surface area contributed by atoms with Crippen molar-refractivity contribution in [2.75, 3.05) is 0 Å². The van der Waals surface area contributed by atoms with Gasteiger partial charge in [-0.05, 0) is 29.4 Å². The van der Waals surface area contributed by atoms with Gasteiger partial charge in [0.1, 0.15) is 0 Å². The summed E-state index contributed by atoms with van der Waals surface area (Å²) in [6.45, 7) is 10.2. The van der Waals surface area contributed by atoms with E-state index in [-0.39, 0.29) is 11.8 Å². The average Bonchev–Trinajstić information content (AvgIpc) is 2.61. The Hall–Kier alpha value is -0.870. The van der Waals surface area contributed by atoms with Gasteiger partial charge in [0.05, 0.1) is 12.5 Å². The summed E-state index contributed by atoms with van der Waals surface area (Å²) in [6.07, 6.45) is -0.0548. The normalized spacial score (nSPS) is 14.4. The number of aliphatic carboxylic acids is 1. The van der Waals surface area contributed by atoms with Gasteiger partial charge in [-0.25, -0.2) is 0 Å². The molecule has 0 fully saturated rings. The molecule has 1 aromatic heterocycles. The summed E-state index contributed by atoms with van der Waals surface area (Å²) in [5.74, 6) is -0.821. The minimum absolute atomic E-state index is 0.0710. The molecule has 2 N–H and O–H groups in total. The van der Waals surface area contributed by atoms with Gasteiger partial charge in [-0.3, -0.25) is 4.79 Å². The second kappa shape index (κ2) is 5.63. The summed E-state index contributed by atoms with van der Waals surface area (Å²) < 4.78 is 0. The minimum Gasteiger partial charge on any atom is -0.481 e. The lowest BCUT2D eigenvalue weighted by atomic mass is 9.83. The molecule has 19 heavy (non-hydrogen) atoms. The predicted molar refractivity (Wildman–Crippen MR) is 78.6 cm³/mol. The molecule has 3 nitrogen and oxygen atoms in total. The van der Waals surface area contributed by atoms with Crippen LogP contribution in [0.25, 0.3) is 0 Å². The number of carboxylic acids is 1. The third kappa shape index (κ3) is 4.96. The van der Waals surface area contributed by atoms with Gasteiger partial charge in [0.15, 0.2) is 0 Å². The molecule has 0 saturated heterocycles. The number of aliphatic hydroxyl groups is 1. The lowest BCUT2D eigenvalue weighted by Crippen LogP contribution is -2.19. The van der Waals surface area contributed by atoms with Crippen molar-refractivity contribution in [2.24, 2.45) is 5.41 Å². The van der Waals surface area contributed by atoms with Crippen LogP contribution in [0.15, 0.2) is 12.1 Å². The molecule has 0 amide bonds. The van der Waals surface area contributed by atoms with Crippen LogP contribution in [-0.4, -0.2) is 16.2 Å². The highest BCUT2D eigenvalue weighted by molar-refractivity contribution is 7.12. The first-order valence-corrected chi connectivity index (χ1v) is 7.33. The third-order valence-electron chi connectivity index (χ3n) is 3.07. The molecular weight excluding hydrogens is 260 g/mol. The summed E-state index contributed by atoms with van der Waals surface area (Å²) in [4.78, 5) is 12.9. The van der Waals surface area contributed by atoms with Gasteiger partial charge >= 0.3 is 5.97 Å². The van der Waals surface area contributed by atoms with E-state index in [4.69, 9.17) is 5.11 Å². The quantitative estimate of drug-likeness (QED) is 0.860. The molecule has 0 aliphatic carbocycles. The number of carbonyl (C=O) groups is 1. The highest BCUT2D eigenvalue weighted by Crippen LogP contribution is 2.38. The molecule has 1 unspecified atom stereocenters. The molecule has 1 rings (SSSR count). The van der Waals surface area contributed by atoms with E-state index in [1.165, 1.54) is 4.88 Å². The smallest absolute Gasteiger partial charge is 0.303 e. The highest BCUT2D eigenvalue weighted by Gasteiger charge is 2.27. The number of hydrogen-bond acceptors (Lipinski definition) is 3. The number of hydrogen-bond donors (Lipinski definition) is 2. The molecule has 1 atom stereocenters. The van der Waals surface area contributed by atoms with E-state index in [0.29, 0.717) is 6.42 Å². The van der Waals surface area contributed by atoms with Crippen LogP contribution in [0.5, 0.6) is 0 Å². The Morgan fingerprint density at radius 3 is 2.26 bits per heavy atom. The first-order chi connectivity index (χ1) is 8.51. The van der Waals surface area contributed by atoms with Gasteiger partial charge < -0.3 is 10.2 Å². The lowest BCUT2D eigenvalue weighted by molar-refractivity contribution is -0.139. The largest absolute Gasteiger partial charge is 0.481 e. The van der Waals surface area contributed by atoms with Crippen molar-refractivity contribution in [1.82, 2.24) is 0 Å². The Kier molecular flexibility index (Phi) is 4.80. The molecule has 4 heteroatoms. The van der Waals surface area contributed by atoms with E-state index >= 15 is 0 Å². The molecule has 0 spiro atoms. The molecule has 0 radical (unpaired) electrons. The van der Waals surface area contributed by atoms with E-state index in [1.54, 1.807) is 11.3 Å². The van der Waals surface area contributed by atoms with Crippen molar-refractivity contribution >= 4 is 17.3 Å². The standard InChI is InChI=1S/C15H24O3S/c1-14(2,3)12-7-6-11(19-12)10(16)8-15(4,5)9-13(17)18/h6-7,10,16H,8-9H2,1-5H3,(H,17,18). The first kappa shape index (κ1) is 16.2. The molecule has 1 aromatic rings. The van der Waals surface area contributed by atoms with Gasteiger partial charge in [-0.15, -0.1) is 11.3 Å². The maximum atomic E-state index is 10.8. The van der Waals surface area contributed by atoms with Crippen molar-refractivity contribution in [2.45, 2.75) is 59.0 Å². The summed E-state index contributed by atoms with van der Waals surface area (Å²) in [5, 5.41) is 19.1. The Morgan fingerprint density at radius 1 is 1.26 bits per heavy atom. The van der Waals surface area contributed by atoms with Crippen molar-refractivity contribution < 1.29 is 15.0 Å². The number of aliphatic hydroxyl groups excluding tert-OH is 1. The number of thiophene rings is 1. The van der Waals surface area contributed by atoms with E-state index in [9.17, 15) is 9.90 Å². The molecular formula is C15H24O3S. The summed E-state index contributed by atoms with van der Waals surface area (Å²) in [7, 11) is 0. The van der Waals surface area contributed by atoms with Crippen LogP contribution in [0.2, 0.25) is 0 Å². The zero-order valence-corrected chi connectivity index (χ0v) is 13.2. The number of rotatable bonds is 5. The van der Waals surface area contributed by atoms with E-state index in [2.05, 4.69) is 20.8 Å². The van der Waals surface area contributed by atoms with E-state index < -0.39 is 17.5 Å². The zero-order valence-electron chi connectivity index (χ0n) is 12.4. The van der Waals surface area contributed by atoms with Gasteiger partial charge in [0.25, 0.3) is 0 Å². The third-order valence-corrected chi connectivity index (χ3v) is 4.68. The van der Waals surface area contributed by atoms with Gasteiger partial charge in [-0.1, -0.05) is 34.6 Å². The maximum Gasteiger partial charge on any atom is 0.303 e. The molecule has 1 heterocycles.